The van der Waals surface area contributed by atoms with Gasteiger partial charge in [-0.3, -0.25) is 4.79 Å². The highest BCUT2D eigenvalue weighted by Crippen LogP contribution is 2.32. The van der Waals surface area contributed by atoms with Crippen LogP contribution >= 0.6 is 0 Å². The lowest BCUT2D eigenvalue weighted by atomic mass is 10.0. The molecule has 0 bridgehead atoms. The molecule has 2 aromatic carbocycles. The molecule has 134 valence electrons. The summed E-state index contributed by atoms with van der Waals surface area (Å²) in [6.45, 7) is 7.18. The fourth-order valence-electron chi connectivity index (χ4n) is 2.66. The number of aryl methyl sites for hydroxylation is 3. The van der Waals surface area contributed by atoms with E-state index in [2.05, 4.69) is 0 Å². The highest BCUT2D eigenvalue weighted by molar-refractivity contribution is 5.83. The van der Waals surface area contributed by atoms with Crippen LogP contribution in [0.15, 0.2) is 45.6 Å². The lowest BCUT2D eigenvalue weighted by molar-refractivity contribution is -0.144. The van der Waals surface area contributed by atoms with Gasteiger partial charge in [-0.25, -0.2) is 4.79 Å². The van der Waals surface area contributed by atoms with Crippen molar-refractivity contribution in [3.8, 4) is 17.1 Å². The zero-order chi connectivity index (χ0) is 19.0. The Morgan fingerprint density at radius 1 is 1.08 bits per heavy atom. The molecule has 0 aliphatic carbocycles. The van der Waals surface area contributed by atoms with E-state index in [-0.39, 0.29) is 16.9 Å². The van der Waals surface area contributed by atoms with E-state index < -0.39 is 12.1 Å². The first-order valence-corrected chi connectivity index (χ1v) is 8.32. The van der Waals surface area contributed by atoms with Crippen molar-refractivity contribution in [3.05, 3.63) is 63.3 Å². The number of aliphatic carboxylic acids is 1. The molecule has 0 spiro atoms. The largest absolute Gasteiger partial charge is 0.479 e. The second kappa shape index (κ2) is 6.67. The average Bonchev–Trinajstić information content (AvgIpc) is 2.59. The van der Waals surface area contributed by atoms with Gasteiger partial charge in [-0.1, -0.05) is 29.8 Å². The zero-order valence-corrected chi connectivity index (χ0v) is 15.1. The fourth-order valence-corrected chi connectivity index (χ4v) is 2.66. The first-order chi connectivity index (χ1) is 12.3. The number of benzene rings is 2. The van der Waals surface area contributed by atoms with Gasteiger partial charge in [0.1, 0.15) is 5.58 Å². The number of carboxylic acid groups (broad SMARTS) is 1. The van der Waals surface area contributed by atoms with Crippen LogP contribution in [0.3, 0.4) is 0 Å². The van der Waals surface area contributed by atoms with Crippen molar-refractivity contribution in [2.75, 3.05) is 0 Å². The minimum atomic E-state index is -1.17. The molecule has 3 rings (SSSR count). The summed E-state index contributed by atoms with van der Waals surface area (Å²) >= 11 is 0. The number of rotatable bonds is 4. The summed E-state index contributed by atoms with van der Waals surface area (Å²) in [4.78, 5) is 24.2. The Hall–Kier alpha value is -3.08. The van der Waals surface area contributed by atoms with Crippen molar-refractivity contribution in [3.63, 3.8) is 0 Å². The molecule has 0 aliphatic heterocycles. The van der Waals surface area contributed by atoms with Gasteiger partial charge in [0.25, 0.3) is 0 Å². The van der Waals surface area contributed by atoms with Crippen LogP contribution in [-0.2, 0) is 4.79 Å². The summed E-state index contributed by atoms with van der Waals surface area (Å²) in [6, 6.07) is 11.0. The summed E-state index contributed by atoms with van der Waals surface area (Å²) in [5.41, 5.74) is 3.74. The minimum Gasteiger partial charge on any atom is -0.479 e. The SMILES string of the molecule is Cc1ccc(-c2oc3cc(C)c(C)cc3c(=O)c2O[C@@H](C)C(=O)O)cc1. The summed E-state index contributed by atoms with van der Waals surface area (Å²) in [6.07, 6.45) is -1.17. The van der Waals surface area contributed by atoms with Crippen molar-refractivity contribution in [2.45, 2.75) is 33.8 Å². The molecule has 5 heteroatoms. The molecule has 3 aromatic rings. The molecule has 0 fully saturated rings. The van der Waals surface area contributed by atoms with E-state index >= 15 is 0 Å². The van der Waals surface area contributed by atoms with Gasteiger partial charge < -0.3 is 14.3 Å². The van der Waals surface area contributed by atoms with Gasteiger partial charge in [-0.05, 0) is 51.0 Å². The Labute approximate surface area is 150 Å². The third-order valence-corrected chi connectivity index (χ3v) is 4.42. The number of hydrogen-bond donors (Lipinski definition) is 1. The normalized spacial score (nSPS) is 12.2. The average molecular weight is 352 g/mol. The summed E-state index contributed by atoms with van der Waals surface area (Å²) in [5, 5.41) is 9.54. The van der Waals surface area contributed by atoms with E-state index in [0.29, 0.717) is 16.5 Å². The third kappa shape index (κ3) is 3.20. The van der Waals surface area contributed by atoms with E-state index in [1.807, 2.05) is 51.1 Å². The van der Waals surface area contributed by atoms with Gasteiger partial charge in [0, 0.05) is 5.56 Å². The van der Waals surface area contributed by atoms with Crippen LogP contribution in [0.2, 0.25) is 0 Å². The zero-order valence-electron chi connectivity index (χ0n) is 15.1. The number of ether oxygens (including phenoxy) is 1. The van der Waals surface area contributed by atoms with Gasteiger partial charge in [-0.2, -0.15) is 0 Å². The molecule has 0 saturated heterocycles. The van der Waals surface area contributed by atoms with Gasteiger partial charge in [0.05, 0.1) is 5.39 Å². The number of carboxylic acids is 1. The van der Waals surface area contributed by atoms with Crippen LogP contribution in [-0.4, -0.2) is 17.2 Å². The number of hydrogen-bond acceptors (Lipinski definition) is 4. The molecule has 1 N–H and O–H groups in total. The van der Waals surface area contributed by atoms with Crippen LogP contribution < -0.4 is 10.2 Å². The molecule has 0 aliphatic rings. The highest BCUT2D eigenvalue weighted by Gasteiger charge is 2.22. The second-order valence-electron chi connectivity index (χ2n) is 6.49. The Bertz CT molecular complexity index is 1040. The molecule has 1 heterocycles. The maximum Gasteiger partial charge on any atom is 0.344 e. The number of fused-ring (bicyclic) bond motifs is 1. The predicted molar refractivity (Wildman–Crippen MR) is 99.9 cm³/mol. The van der Waals surface area contributed by atoms with Crippen molar-refractivity contribution in [1.82, 2.24) is 0 Å². The van der Waals surface area contributed by atoms with Gasteiger partial charge in [-0.15, -0.1) is 0 Å². The van der Waals surface area contributed by atoms with E-state index in [1.54, 1.807) is 6.07 Å². The third-order valence-electron chi connectivity index (χ3n) is 4.42. The molecule has 1 aromatic heterocycles. The van der Waals surface area contributed by atoms with Gasteiger partial charge in [0.2, 0.25) is 11.2 Å². The van der Waals surface area contributed by atoms with Crippen LogP contribution in [0.5, 0.6) is 5.75 Å². The molecule has 0 amide bonds. The molecule has 5 nitrogen and oxygen atoms in total. The van der Waals surface area contributed by atoms with Crippen molar-refractivity contribution >= 4 is 16.9 Å². The summed E-state index contributed by atoms with van der Waals surface area (Å²) < 4.78 is 11.5. The first kappa shape index (κ1) is 17.7. The Kier molecular flexibility index (Phi) is 4.55. The number of carbonyl (C=O) groups is 1. The van der Waals surface area contributed by atoms with E-state index in [9.17, 15) is 9.59 Å². The molecular formula is C21H20O5. The molecule has 26 heavy (non-hydrogen) atoms. The van der Waals surface area contributed by atoms with Crippen molar-refractivity contribution in [1.29, 1.82) is 0 Å². The van der Waals surface area contributed by atoms with Crippen LogP contribution in [0.1, 0.15) is 23.6 Å². The van der Waals surface area contributed by atoms with Crippen molar-refractivity contribution < 1.29 is 19.1 Å². The van der Waals surface area contributed by atoms with E-state index in [1.165, 1.54) is 6.92 Å². The van der Waals surface area contributed by atoms with E-state index in [4.69, 9.17) is 14.3 Å². The molecule has 0 unspecified atom stereocenters. The quantitative estimate of drug-likeness (QED) is 0.760. The van der Waals surface area contributed by atoms with Gasteiger partial charge >= 0.3 is 5.97 Å². The maximum atomic E-state index is 13.0. The molecular weight excluding hydrogens is 332 g/mol. The van der Waals surface area contributed by atoms with Gasteiger partial charge in [0.15, 0.2) is 11.9 Å². The molecule has 1 atom stereocenters. The topological polar surface area (TPSA) is 76.7 Å². The summed E-state index contributed by atoms with van der Waals surface area (Å²) in [7, 11) is 0. The lowest BCUT2D eigenvalue weighted by Gasteiger charge is -2.15. The van der Waals surface area contributed by atoms with Crippen molar-refractivity contribution in [2.24, 2.45) is 0 Å². The van der Waals surface area contributed by atoms with Crippen LogP contribution in [0.25, 0.3) is 22.3 Å². The second-order valence-corrected chi connectivity index (χ2v) is 6.49. The van der Waals surface area contributed by atoms with Crippen LogP contribution in [0.4, 0.5) is 0 Å². The highest BCUT2D eigenvalue weighted by atomic mass is 16.5. The Morgan fingerprint density at radius 3 is 2.31 bits per heavy atom. The van der Waals surface area contributed by atoms with E-state index in [0.717, 1.165) is 16.7 Å². The Morgan fingerprint density at radius 2 is 1.69 bits per heavy atom. The standard InChI is InChI=1S/C21H20O5/c1-11-5-7-15(8-6-11)19-20(25-14(4)21(23)24)18(22)16-9-12(2)13(3)10-17(16)26-19/h5-10,14H,1-4H3,(H,23,24)/t14-/m0/s1. The fraction of sp³-hybridized carbons (Fsp3) is 0.238. The molecule has 0 saturated carbocycles. The predicted octanol–water partition coefficient (Wildman–Crippen LogP) is 4.24. The Balaban J connectivity index is 2.32. The van der Waals surface area contributed by atoms with Crippen LogP contribution in [0, 0.1) is 20.8 Å². The smallest absolute Gasteiger partial charge is 0.344 e. The monoisotopic (exact) mass is 352 g/mol. The minimum absolute atomic E-state index is 0.0838. The maximum absolute atomic E-state index is 13.0. The molecule has 0 radical (unpaired) electrons. The first-order valence-electron chi connectivity index (χ1n) is 8.32. The lowest BCUT2D eigenvalue weighted by Crippen LogP contribution is -2.26. The summed E-state index contributed by atoms with van der Waals surface area (Å²) in [5.74, 6) is -1.00.